The topological polar surface area (TPSA) is 81.1 Å². The fourth-order valence-corrected chi connectivity index (χ4v) is 3.08. The van der Waals surface area contributed by atoms with Crippen LogP contribution in [0.3, 0.4) is 0 Å². The Morgan fingerprint density at radius 2 is 2.35 bits per heavy atom. The fraction of sp³-hybridized carbons (Fsp3) is 0.500. The third-order valence-electron chi connectivity index (χ3n) is 3.72. The van der Waals surface area contributed by atoms with Gasteiger partial charge in [-0.15, -0.1) is 5.10 Å². The van der Waals surface area contributed by atoms with Crippen LogP contribution in [0.2, 0.25) is 0 Å². The zero-order chi connectivity index (χ0) is 16.4. The van der Waals surface area contributed by atoms with Crippen LogP contribution < -0.4 is 4.74 Å². The highest BCUT2D eigenvalue weighted by Crippen LogP contribution is 2.23. The zero-order valence-electron chi connectivity index (χ0n) is 12.8. The molecule has 1 aliphatic heterocycles. The summed E-state index contributed by atoms with van der Waals surface area (Å²) in [6.07, 6.45) is 2.11. The van der Waals surface area contributed by atoms with Gasteiger partial charge in [0.1, 0.15) is 17.3 Å². The van der Waals surface area contributed by atoms with E-state index in [4.69, 9.17) is 4.74 Å². The van der Waals surface area contributed by atoms with Gasteiger partial charge < -0.3 is 9.64 Å². The summed E-state index contributed by atoms with van der Waals surface area (Å²) in [6, 6.07) is 0. The molecule has 1 amide bonds. The van der Waals surface area contributed by atoms with E-state index in [2.05, 4.69) is 19.6 Å². The molecule has 1 unspecified atom stereocenters. The van der Waals surface area contributed by atoms with Crippen molar-refractivity contribution in [2.24, 2.45) is 0 Å². The molecular weight excluding hydrogens is 321 g/mol. The molecule has 23 heavy (non-hydrogen) atoms. The summed E-state index contributed by atoms with van der Waals surface area (Å²) in [6.45, 7) is 4.51. The Morgan fingerprint density at radius 3 is 3.04 bits per heavy atom. The minimum atomic E-state index is -0.526. The van der Waals surface area contributed by atoms with E-state index in [9.17, 15) is 9.18 Å². The van der Waals surface area contributed by atoms with Crippen molar-refractivity contribution in [1.82, 2.24) is 24.5 Å². The average Bonchev–Trinajstić information content (AvgIpc) is 3.18. The molecule has 3 rings (SSSR count). The summed E-state index contributed by atoms with van der Waals surface area (Å²) in [5, 5.41) is 3.85. The van der Waals surface area contributed by atoms with Crippen LogP contribution in [0.1, 0.15) is 34.4 Å². The van der Waals surface area contributed by atoms with Crippen molar-refractivity contribution < 1.29 is 13.9 Å². The number of carbonyl (C=O) groups excluding carboxylic acids is 1. The Morgan fingerprint density at radius 1 is 1.52 bits per heavy atom. The number of halogens is 1. The normalized spacial score (nSPS) is 17.5. The number of nitrogens with zero attached hydrogens (tertiary/aromatic N) is 5. The van der Waals surface area contributed by atoms with Gasteiger partial charge in [0, 0.05) is 13.0 Å². The molecule has 2 aromatic rings. The molecule has 1 atom stereocenters. The van der Waals surface area contributed by atoms with Gasteiger partial charge in [-0.25, -0.2) is 4.98 Å². The molecule has 0 aliphatic carbocycles. The number of likely N-dealkylation sites (tertiary alicyclic amines) is 1. The SMILES string of the molecule is CCc1ncnc(OC2CCN(C(=O)c3snnc3C)C2)c1F. The van der Waals surface area contributed by atoms with Crippen LogP contribution in [0.4, 0.5) is 4.39 Å². The number of hydrogen-bond donors (Lipinski definition) is 0. The highest BCUT2D eigenvalue weighted by atomic mass is 32.1. The van der Waals surface area contributed by atoms with Gasteiger partial charge in [0.15, 0.2) is 0 Å². The molecular formula is C14H16FN5O2S. The average molecular weight is 337 g/mol. The van der Waals surface area contributed by atoms with E-state index in [-0.39, 0.29) is 17.9 Å². The van der Waals surface area contributed by atoms with Gasteiger partial charge in [-0.1, -0.05) is 11.4 Å². The quantitative estimate of drug-likeness (QED) is 0.843. The van der Waals surface area contributed by atoms with Crippen molar-refractivity contribution >= 4 is 17.4 Å². The van der Waals surface area contributed by atoms with E-state index in [1.807, 2.05) is 6.92 Å². The summed E-state index contributed by atoms with van der Waals surface area (Å²) in [5.74, 6) is -0.685. The second-order valence-corrected chi connectivity index (χ2v) is 6.01. The largest absolute Gasteiger partial charge is 0.470 e. The maximum atomic E-state index is 14.1. The van der Waals surface area contributed by atoms with E-state index in [1.165, 1.54) is 6.33 Å². The number of aryl methyl sites for hydroxylation is 2. The second-order valence-electron chi connectivity index (χ2n) is 5.26. The lowest BCUT2D eigenvalue weighted by atomic mass is 10.3. The molecule has 0 N–H and O–H groups in total. The third kappa shape index (κ3) is 3.14. The van der Waals surface area contributed by atoms with Gasteiger partial charge in [0.05, 0.1) is 17.9 Å². The lowest BCUT2D eigenvalue weighted by Gasteiger charge is -2.16. The molecule has 1 fully saturated rings. The van der Waals surface area contributed by atoms with Crippen molar-refractivity contribution in [2.75, 3.05) is 13.1 Å². The number of aromatic nitrogens is 4. The first kappa shape index (κ1) is 15.7. The van der Waals surface area contributed by atoms with Crippen molar-refractivity contribution in [3.63, 3.8) is 0 Å². The standard InChI is InChI=1S/C14H16FN5O2S/c1-3-10-11(15)13(17-7-16-10)22-9-4-5-20(6-9)14(21)12-8(2)18-19-23-12/h7,9H,3-6H2,1-2H3. The number of rotatable bonds is 4. The first-order valence-corrected chi connectivity index (χ1v) is 8.11. The van der Waals surface area contributed by atoms with Gasteiger partial charge in [0.2, 0.25) is 5.82 Å². The van der Waals surface area contributed by atoms with Gasteiger partial charge >= 0.3 is 0 Å². The smallest absolute Gasteiger partial charge is 0.267 e. The Balaban J connectivity index is 1.67. The maximum absolute atomic E-state index is 14.1. The molecule has 122 valence electrons. The lowest BCUT2D eigenvalue weighted by molar-refractivity contribution is 0.0773. The van der Waals surface area contributed by atoms with Crippen LogP contribution >= 0.6 is 11.5 Å². The van der Waals surface area contributed by atoms with E-state index >= 15 is 0 Å². The Kier molecular flexibility index (Phi) is 4.46. The molecule has 0 bridgehead atoms. The summed E-state index contributed by atoms with van der Waals surface area (Å²) in [4.78, 5) is 22.3. The van der Waals surface area contributed by atoms with Gasteiger partial charge in [-0.2, -0.15) is 9.37 Å². The van der Waals surface area contributed by atoms with Crippen LogP contribution in [0.5, 0.6) is 5.88 Å². The Bertz CT molecular complexity index is 723. The van der Waals surface area contributed by atoms with Crippen molar-refractivity contribution in [1.29, 1.82) is 0 Å². The number of hydrogen-bond acceptors (Lipinski definition) is 7. The molecule has 1 aliphatic rings. The van der Waals surface area contributed by atoms with E-state index in [0.717, 1.165) is 11.5 Å². The monoisotopic (exact) mass is 337 g/mol. The molecule has 7 nitrogen and oxygen atoms in total. The molecule has 0 aromatic carbocycles. The van der Waals surface area contributed by atoms with E-state index in [0.29, 0.717) is 42.2 Å². The Hall–Kier alpha value is -2.16. The highest BCUT2D eigenvalue weighted by molar-refractivity contribution is 7.07. The van der Waals surface area contributed by atoms with Gasteiger partial charge in [0.25, 0.3) is 11.8 Å². The molecule has 9 heteroatoms. The van der Waals surface area contributed by atoms with Crippen LogP contribution in [-0.2, 0) is 6.42 Å². The summed E-state index contributed by atoms with van der Waals surface area (Å²) >= 11 is 1.08. The van der Waals surface area contributed by atoms with Crippen LogP contribution in [0.25, 0.3) is 0 Å². The predicted molar refractivity (Wildman–Crippen MR) is 81.0 cm³/mol. The van der Waals surface area contributed by atoms with E-state index < -0.39 is 5.82 Å². The van der Waals surface area contributed by atoms with Gasteiger partial charge in [-0.3, -0.25) is 4.79 Å². The fourth-order valence-electron chi connectivity index (χ4n) is 2.45. The van der Waals surface area contributed by atoms with Crippen molar-refractivity contribution in [2.45, 2.75) is 32.8 Å². The molecule has 0 spiro atoms. The lowest BCUT2D eigenvalue weighted by Crippen LogP contribution is -2.31. The van der Waals surface area contributed by atoms with Gasteiger partial charge in [-0.05, 0) is 24.9 Å². The summed E-state index contributed by atoms with van der Waals surface area (Å²) in [7, 11) is 0. The minimum absolute atomic E-state index is 0.0493. The molecule has 2 aromatic heterocycles. The van der Waals surface area contributed by atoms with Crippen LogP contribution in [-0.4, -0.2) is 49.6 Å². The summed E-state index contributed by atoms with van der Waals surface area (Å²) < 4.78 is 23.5. The minimum Gasteiger partial charge on any atom is -0.470 e. The maximum Gasteiger partial charge on any atom is 0.267 e. The van der Waals surface area contributed by atoms with Crippen molar-refractivity contribution in [3.05, 3.63) is 28.4 Å². The molecule has 1 saturated heterocycles. The van der Waals surface area contributed by atoms with Crippen LogP contribution in [0, 0.1) is 12.7 Å². The van der Waals surface area contributed by atoms with Crippen molar-refractivity contribution in [3.8, 4) is 5.88 Å². The Labute approximate surface area is 136 Å². The number of ether oxygens (including phenoxy) is 1. The molecule has 3 heterocycles. The molecule has 0 saturated carbocycles. The first-order chi connectivity index (χ1) is 11.1. The zero-order valence-corrected chi connectivity index (χ0v) is 13.6. The highest BCUT2D eigenvalue weighted by Gasteiger charge is 2.31. The predicted octanol–water partition coefficient (Wildman–Crippen LogP) is 1.63. The summed E-state index contributed by atoms with van der Waals surface area (Å²) in [5.41, 5.74) is 0.950. The molecule has 0 radical (unpaired) electrons. The second kappa shape index (κ2) is 6.53. The third-order valence-corrected chi connectivity index (χ3v) is 4.54. The van der Waals surface area contributed by atoms with Crippen LogP contribution in [0.15, 0.2) is 6.33 Å². The number of amides is 1. The first-order valence-electron chi connectivity index (χ1n) is 7.34. The number of carbonyl (C=O) groups is 1. The van der Waals surface area contributed by atoms with E-state index in [1.54, 1.807) is 11.8 Å².